The summed E-state index contributed by atoms with van der Waals surface area (Å²) in [7, 11) is 0. The molecule has 0 aliphatic heterocycles. The summed E-state index contributed by atoms with van der Waals surface area (Å²) < 4.78 is 15.3. The van der Waals surface area contributed by atoms with E-state index in [2.05, 4.69) is 33.8 Å². The molecule has 128 valence electrons. The predicted molar refractivity (Wildman–Crippen MR) is 105 cm³/mol. The first kappa shape index (κ1) is 16.6. The molecule has 0 unspecified atom stereocenters. The highest BCUT2D eigenvalue weighted by molar-refractivity contribution is 7.98. The van der Waals surface area contributed by atoms with Crippen molar-refractivity contribution in [3.05, 3.63) is 103 Å². The summed E-state index contributed by atoms with van der Waals surface area (Å²) in [4.78, 5) is 4.65. The number of halogens is 1. The third kappa shape index (κ3) is 3.55. The molecule has 0 radical (unpaired) electrons. The molecule has 4 heteroatoms. The predicted octanol–water partition coefficient (Wildman–Crippen LogP) is 5.97. The van der Waals surface area contributed by atoms with E-state index in [0.29, 0.717) is 0 Å². The molecule has 3 aromatic carbocycles. The van der Waals surface area contributed by atoms with Gasteiger partial charge in [-0.3, -0.25) is 4.57 Å². The minimum atomic E-state index is -0.212. The van der Waals surface area contributed by atoms with Gasteiger partial charge in [-0.15, -0.1) is 0 Å². The van der Waals surface area contributed by atoms with Crippen LogP contribution in [0, 0.1) is 5.82 Å². The third-order valence-corrected chi connectivity index (χ3v) is 5.12. The fourth-order valence-corrected chi connectivity index (χ4v) is 3.75. The Morgan fingerprint density at radius 1 is 0.808 bits per heavy atom. The van der Waals surface area contributed by atoms with Gasteiger partial charge in [0.25, 0.3) is 0 Å². The zero-order chi connectivity index (χ0) is 17.8. The van der Waals surface area contributed by atoms with Crippen molar-refractivity contribution in [1.29, 1.82) is 0 Å². The minimum absolute atomic E-state index is 0.212. The number of hydrogen-bond donors (Lipinski definition) is 0. The van der Waals surface area contributed by atoms with Crippen molar-refractivity contribution in [1.82, 2.24) is 9.55 Å². The number of imidazole rings is 1. The second-order valence-corrected chi connectivity index (χ2v) is 6.82. The highest BCUT2D eigenvalue weighted by Gasteiger charge is 2.14. The smallest absolute Gasteiger partial charge is 0.173 e. The highest BCUT2D eigenvalue weighted by atomic mass is 32.2. The van der Waals surface area contributed by atoms with Gasteiger partial charge in [0.05, 0.1) is 11.9 Å². The van der Waals surface area contributed by atoms with E-state index in [1.807, 2.05) is 54.7 Å². The van der Waals surface area contributed by atoms with Gasteiger partial charge in [0.15, 0.2) is 5.16 Å². The van der Waals surface area contributed by atoms with Crippen LogP contribution in [0.1, 0.15) is 5.56 Å². The second kappa shape index (κ2) is 7.58. The molecule has 1 aromatic heterocycles. The molecule has 0 aliphatic rings. The molecule has 4 aromatic rings. The fraction of sp³-hybridized carbons (Fsp3) is 0.0455. The average Bonchev–Trinajstić information content (AvgIpc) is 3.13. The van der Waals surface area contributed by atoms with Crippen LogP contribution in [0.2, 0.25) is 0 Å². The van der Waals surface area contributed by atoms with Crippen molar-refractivity contribution < 1.29 is 4.39 Å². The van der Waals surface area contributed by atoms with Gasteiger partial charge in [-0.2, -0.15) is 0 Å². The summed E-state index contributed by atoms with van der Waals surface area (Å²) in [5.41, 5.74) is 4.32. The van der Waals surface area contributed by atoms with Gasteiger partial charge < -0.3 is 0 Å². The lowest BCUT2D eigenvalue weighted by atomic mass is 10.1. The van der Waals surface area contributed by atoms with Gasteiger partial charge in [0.1, 0.15) is 5.82 Å². The number of thioether (sulfide) groups is 1. The van der Waals surface area contributed by atoms with Crippen LogP contribution < -0.4 is 0 Å². The van der Waals surface area contributed by atoms with Gasteiger partial charge in [0.2, 0.25) is 0 Å². The lowest BCUT2D eigenvalue weighted by Crippen LogP contribution is -1.99. The highest BCUT2D eigenvalue weighted by Crippen LogP contribution is 2.31. The normalized spacial score (nSPS) is 10.8. The molecule has 0 aliphatic carbocycles. The van der Waals surface area contributed by atoms with Crippen molar-refractivity contribution >= 4 is 11.8 Å². The molecule has 0 N–H and O–H groups in total. The molecule has 4 rings (SSSR count). The van der Waals surface area contributed by atoms with Crippen molar-refractivity contribution in [3.63, 3.8) is 0 Å². The molecular weight excluding hydrogens is 343 g/mol. The van der Waals surface area contributed by atoms with Crippen LogP contribution in [0.3, 0.4) is 0 Å². The second-order valence-electron chi connectivity index (χ2n) is 5.88. The quantitative estimate of drug-likeness (QED) is 0.408. The van der Waals surface area contributed by atoms with Crippen LogP contribution >= 0.6 is 11.8 Å². The summed E-state index contributed by atoms with van der Waals surface area (Å²) in [6.07, 6.45) is 1.91. The van der Waals surface area contributed by atoms with E-state index in [1.54, 1.807) is 11.8 Å². The molecule has 26 heavy (non-hydrogen) atoms. The zero-order valence-corrected chi connectivity index (χ0v) is 14.9. The minimum Gasteiger partial charge on any atom is -0.287 e. The summed E-state index contributed by atoms with van der Waals surface area (Å²) in [6.45, 7) is 0. The number of hydrogen-bond acceptors (Lipinski definition) is 2. The Morgan fingerprint density at radius 3 is 2.15 bits per heavy atom. The van der Waals surface area contributed by atoms with Crippen LogP contribution in [0.4, 0.5) is 4.39 Å². The summed E-state index contributed by atoms with van der Waals surface area (Å²) in [6, 6.07) is 27.1. The molecule has 1 heterocycles. The van der Waals surface area contributed by atoms with E-state index in [9.17, 15) is 4.39 Å². The standard InChI is InChI=1S/C22H17FN2S/c23-19-13-11-17(12-14-19)16-26-22-24-15-21(18-7-3-1-4-8-18)25(22)20-9-5-2-6-10-20/h1-15H,16H2. The number of rotatable bonds is 5. The third-order valence-electron chi connectivity index (χ3n) is 4.09. The molecule has 0 spiro atoms. The summed E-state index contributed by atoms with van der Waals surface area (Å²) >= 11 is 1.65. The lowest BCUT2D eigenvalue weighted by Gasteiger charge is -2.12. The van der Waals surface area contributed by atoms with Gasteiger partial charge in [-0.05, 0) is 29.8 Å². The monoisotopic (exact) mass is 360 g/mol. The van der Waals surface area contributed by atoms with E-state index >= 15 is 0 Å². The van der Waals surface area contributed by atoms with E-state index in [1.165, 1.54) is 12.1 Å². The van der Waals surface area contributed by atoms with E-state index in [4.69, 9.17) is 0 Å². The first-order valence-corrected chi connectivity index (χ1v) is 9.35. The molecule has 0 fully saturated rings. The SMILES string of the molecule is Fc1ccc(CSc2ncc(-c3ccccc3)n2-c2ccccc2)cc1. The summed E-state index contributed by atoms with van der Waals surface area (Å²) in [5.74, 6) is 0.522. The van der Waals surface area contributed by atoms with E-state index in [0.717, 1.165) is 33.4 Å². The van der Waals surface area contributed by atoms with Gasteiger partial charge in [-0.1, -0.05) is 72.4 Å². The maximum absolute atomic E-state index is 13.1. The lowest BCUT2D eigenvalue weighted by molar-refractivity contribution is 0.627. The molecule has 0 bridgehead atoms. The van der Waals surface area contributed by atoms with Crippen LogP contribution in [0.15, 0.2) is 96.3 Å². The number of nitrogens with zero attached hydrogens (tertiary/aromatic N) is 2. The molecule has 0 atom stereocenters. The Bertz CT molecular complexity index is 980. The van der Waals surface area contributed by atoms with Crippen molar-refractivity contribution in [3.8, 4) is 16.9 Å². The maximum atomic E-state index is 13.1. The Balaban J connectivity index is 1.70. The van der Waals surface area contributed by atoms with E-state index in [-0.39, 0.29) is 5.82 Å². The van der Waals surface area contributed by atoms with Crippen LogP contribution in [0.25, 0.3) is 16.9 Å². The first-order chi connectivity index (χ1) is 12.8. The Morgan fingerprint density at radius 2 is 1.46 bits per heavy atom. The topological polar surface area (TPSA) is 17.8 Å². The molecule has 2 nitrogen and oxygen atoms in total. The largest absolute Gasteiger partial charge is 0.287 e. The Labute approximate surface area is 156 Å². The van der Waals surface area contributed by atoms with Crippen LogP contribution in [0.5, 0.6) is 0 Å². The van der Waals surface area contributed by atoms with Crippen LogP contribution in [-0.4, -0.2) is 9.55 Å². The number of aromatic nitrogens is 2. The zero-order valence-electron chi connectivity index (χ0n) is 14.0. The Hall–Kier alpha value is -2.85. The molecule has 0 saturated heterocycles. The van der Waals surface area contributed by atoms with Crippen molar-refractivity contribution in [2.24, 2.45) is 0 Å². The number of benzene rings is 3. The molecule has 0 amide bonds. The van der Waals surface area contributed by atoms with Crippen molar-refractivity contribution in [2.45, 2.75) is 10.9 Å². The number of para-hydroxylation sites is 1. The Kier molecular flexibility index (Phi) is 4.84. The molecule has 0 saturated carbocycles. The summed E-state index contributed by atoms with van der Waals surface area (Å²) in [5, 5.41) is 0.916. The van der Waals surface area contributed by atoms with Gasteiger partial charge >= 0.3 is 0 Å². The fourth-order valence-electron chi connectivity index (χ4n) is 2.80. The van der Waals surface area contributed by atoms with E-state index < -0.39 is 0 Å². The maximum Gasteiger partial charge on any atom is 0.173 e. The first-order valence-electron chi connectivity index (χ1n) is 8.37. The van der Waals surface area contributed by atoms with Crippen molar-refractivity contribution in [2.75, 3.05) is 0 Å². The van der Waals surface area contributed by atoms with Gasteiger partial charge in [0, 0.05) is 17.0 Å². The molecular formula is C22H17FN2S. The average molecular weight is 360 g/mol. The van der Waals surface area contributed by atoms with Gasteiger partial charge in [-0.25, -0.2) is 9.37 Å². The van der Waals surface area contributed by atoms with Crippen LogP contribution in [-0.2, 0) is 5.75 Å².